The number of aryl methyl sites for hydroxylation is 1. The average molecular weight is 491 g/mol. The van der Waals surface area contributed by atoms with Gasteiger partial charge in [-0.15, -0.1) is 0 Å². The standard InChI is InChI=1S/C29H31ClN2O3/c1-22-6-10-27(11-7-22)35-21-25-18-23(8-12-28(25)34-2)9-13-29(33)32-16-14-31(15-17-32)20-24-4-3-5-26(30)19-24/h3-13,18-19H,14-17,20-21H2,1-2H3/b13-9+. The van der Waals surface area contributed by atoms with E-state index in [9.17, 15) is 4.79 Å². The van der Waals surface area contributed by atoms with Crippen LogP contribution in [0.15, 0.2) is 72.8 Å². The van der Waals surface area contributed by atoms with Crippen LogP contribution >= 0.6 is 11.6 Å². The molecule has 4 rings (SSSR count). The molecule has 1 aliphatic heterocycles. The number of ether oxygens (including phenoxy) is 2. The van der Waals surface area contributed by atoms with Gasteiger partial charge in [-0.05, 0) is 60.5 Å². The Bertz CT molecular complexity index is 1170. The fraction of sp³-hybridized carbons (Fsp3) is 0.276. The van der Waals surface area contributed by atoms with Crippen molar-refractivity contribution in [1.29, 1.82) is 0 Å². The summed E-state index contributed by atoms with van der Waals surface area (Å²) in [6.45, 7) is 6.38. The molecular weight excluding hydrogens is 460 g/mol. The number of nitrogens with zero attached hydrogens (tertiary/aromatic N) is 2. The van der Waals surface area contributed by atoms with Crippen LogP contribution in [0.3, 0.4) is 0 Å². The molecule has 1 amide bonds. The molecule has 0 aromatic heterocycles. The summed E-state index contributed by atoms with van der Waals surface area (Å²) in [5, 5.41) is 0.754. The normalized spacial score (nSPS) is 14.3. The molecule has 35 heavy (non-hydrogen) atoms. The maximum atomic E-state index is 12.8. The van der Waals surface area contributed by atoms with E-state index >= 15 is 0 Å². The van der Waals surface area contributed by atoms with Crippen molar-refractivity contribution in [1.82, 2.24) is 9.80 Å². The zero-order valence-electron chi connectivity index (χ0n) is 20.2. The first-order valence-corrected chi connectivity index (χ1v) is 12.2. The molecule has 0 bridgehead atoms. The number of benzene rings is 3. The zero-order valence-corrected chi connectivity index (χ0v) is 21.0. The number of hydrogen-bond acceptors (Lipinski definition) is 4. The molecule has 1 aliphatic rings. The van der Waals surface area contributed by atoms with E-state index in [0.29, 0.717) is 19.7 Å². The Morgan fingerprint density at radius 3 is 2.49 bits per heavy atom. The van der Waals surface area contributed by atoms with Crippen LogP contribution in [0, 0.1) is 6.92 Å². The molecule has 1 heterocycles. The number of piperazine rings is 1. The lowest BCUT2D eigenvalue weighted by atomic mass is 10.1. The highest BCUT2D eigenvalue weighted by molar-refractivity contribution is 6.30. The first-order valence-electron chi connectivity index (χ1n) is 11.8. The van der Waals surface area contributed by atoms with Crippen LogP contribution in [0.4, 0.5) is 0 Å². The number of hydrogen-bond donors (Lipinski definition) is 0. The van der Waals surface area contributed by atoms with Gasteiger partial charge in [-0.1, -0.05) is 47.5 Å². The number of rotatable bonds is 8. The largest absolute Gasteiger partial charge is 0.496 e. The van der Waals surface area contributed by atoms with Gasteiger partial charge in [0, 0.05) is 49.4 Å². The van der Waals surface area contributed by atoms with E-state index in [1.54, 1.807) is 13.2 Å². The maximum absolute atomic E-state index is 12.8. The smallest absolute Gasteiger partial charge is 0.246 e. The Kier molecular flexibility index (Phi) is 8.45. The number of carbonyl (C=O) groups excluding carboxylic acids is 1. The minimum Gasteiger partial charge on any atom is -0.496 e. The van der Waals surface area contributed by atoms with Crippen LogP contribution in [0.1, 0.15) is 22.3 Å². The summed E-state index contributed by atoms with van der Waals surface area (Å²) in [6, 6.07) is 21.8. The van der Waals surface area contributed by atoms with Crippen molar-refractivity contribution >= 4 is 23.6 Å². The highest BCUT2D eigenvalue weighted by Gasteiger charge is 2.19. The third kappa shape index (κ3) is 7.10. The second kappa shape index (κ2) is 11.9. The van der Waals surface area contributed by atoms with Gasteiger partial charge in [-0.25, -0.2) is 0 Å². The fourth-order valence-corrected chi connectivity index (χ4v) is 4.32. The van der Waals surface area contributed by atoms with E-state index in [1.807, 2.05) is 78.6 Å². The van der Waals surface area contributed by atoms with Gasteiger partial charge >= 0.3 is 0 Å². The monoisotopic (exact) mass is 490 g/mol. The van der Waals surface area contributed by atoms with E-state index in [1.165, 1.54) is 11.1 Å². The van der Waals surface area contributed by atoms with E-state index < -0.39 is 0 Å². The van der Waals surface area contributed by atoms with E-state index in [4.69, 9.17) is 21.1 Å². The quantitative estimate of drug-likeness (QED) is 0.386. The van der Waals surface area contributed by atoms with Crippen molar-refractivity contribution < 1.29 is 14.3 Å². The molecule has 0 radical (unpaired) electrons. The third-order valence-corrected chi connectivity index (χ3v) is 6.35. The minimum absolute atomic E-state index is 0.0284. The van der Waals surface area contributed by atoms with Gasteiger partial charge in [0.1, 0.15) is 18.1 Å². The molecule has 0 saturated carbocycles. The zero-order chi connectivity index (χ0) is 24.6. The lowest BCUT2D eigenvalue weighted by Gasteiger charge is -2.34. The SMILES string of the molecule is COc1ccc(/C=C/C(=O)N2CCN(Cc3cccc(Cl)c3)CC2)cc1COc1ccc(C)cc1. The third-order valence-electron chi connectivity index (χ3n) is 6.12. The van der Waals surface area contributed by atoms with Crippen LogP contribution in [0.2, 0.25) is 5.02 Å². The van der Waals surface area contributed by atoms with Gasteiger partial charge in [0.15, 0.2) is 0 Å². The molecule has 6 heteroatoms. The first kappa shape index (κ1) is 24.8. The van der Waals surface area contributed by atoms with Crippen molar-refractivity contribution in [2.24, 2.45) is 0 Å². The van der Waals surface area contributed by atoms with Gasteiger partial charge in [0.2, 0.25) is 5.91 Å². The Morgan fingerprint density at radius 2 is 1.77 bits per heavy atom. The molecule has 0 N–H and O–H groups in total. The summed E-state index contributed by atoms with van der Waals surface area (Å²) < 4.78 is 11.4. The van der Waals surface area contributed by atoms with Crippen LogP contribution in [-0.4, -0.2) is 49.0 Å². The Labute approximate surface area is 212 Å². The van der Waals surface area contributed by atoms with Crippen LogP contribution in [-0.2, 0) is 17.9 Å². The Morgan fingerprint density at radius 1 is 1.00 bits per heavy atom. The molecule has 5 nitrogen and oxygen atoms in total. The predicted molar refractivity (Wildman–Crippen MR) is 141 cm³/mol. The van der Waals surface area contributed by atoms with E-state index in [2.05, 4.69) is 11.0 Å². The first-order chi connectivity index (χ1) is 17.0. The summed E-state index contributed by atoms with van der Waals surface area (Å²) in [5.74, 6) is 1.60. The van der Waals surface area contributed by atoms with Gasteiger partial charge in [0.25, 0.3) is 0 Å². The lowest BCUT2D eigenvalue weighted by molar-refractivity contribution is -0.127. The van der Waals surface area contributed by atoms with Gasteiger partial charge in [-0.2, -0.15) is 0 Å². The molecule has 0 atom stereocenters. The second-order valence-corrected chi connectivity index (χ2v) is 9.17. The lowest BCUT2D eigenvalue weighted by Crippen LogP contribution is -2.47. The van der Waals surface area contributed by atoms with Crippen molar-refractivity contribution in [2.45, 2.75) is 20.1 Å². The van der Waals surface area contributed by atoms with Gasteiger partial charge in [-0.3, -0.25) is 9.69 Å². The molecular formula is C29H31ClN2O3. The second-order valence-electron chi connectivity index (χ2n) is 8.74. The molecule has 3 aromatic rings. The average Bonchev–Trinajstić information content (AvgIpc) is 2.87. The highest BCUT2D eigenvalue weighted by Crippen LogP contribution is 2.23. The Hall–Kier alpha value is -3.28. The molecule has 0 aliphatic carbocycles. The number of carbonyl (C=O) groups is 1. The molecule has 182 valence electrons. The van der Waals surface area contributed by atoms with Crippen molar-refractivity contribution in [3.63, 3.8) is 0 Å². The van der Waals surface area contributed by atoms with Crippen LogP contribution in [0.5, 0.6) is 11.5 Å². The molecule has 3 aromatic carbocycles. The van der Waals surface area contributed by atoms with Crippen molar-refractivity contribution in [3.8, 4) is 11.5 Å². The summed E-state index contributed by atoms with van der Waals surface area (Å²) in [7, 11) is 1.65. The Balaban J connectivity index is 1.32. The van der Waals surface area contributed by atoms with Crippen molar-refractivity contribution in [3.05, 3.63) is 100 Å². The van der Waals surface area contributed by atoms with Gasteiger partial charge in [0.05, 0.1) is 7.11 Å². The fourth-order valence-electron chi connectivity index (χ4n) is 4.10. The van der Waals surface area contributed by atoms with Crippen LogP contribution < -0.4 is 9.47 Å². The van der Waals surface area contributed by atoms with E-state index in [-0.39, 0.29) is 5.91 Å². The van der Waals surface area contributed by atoms with Gasteiger partial charge < -0.3 is 14.4 Å². The number of methoxy groups -OCH3 is 1. The predicted octanol–water partition coefficient (Wildman–Crippen LogP) is 5.59. The highest BCUT2D eigenvalue weighted by atomic mass is 35.5. The van der Waals surface area contributed by atoms with Crippen molar-refractivity contribution in [2.75, 3.05) is 33.3 Å². The summed E-state index contributed by atoms with van der Waals surface area (Å²) in [5.41, 5.74) is 4.24. The number of amides is 1. The maximum Gasteiger partial charge on any atom is 0.246 e. The summed E-state index contributed by atoms with van der Waals surface area (Å²) >= 11 is 6.10. The summed E-state index contributed by atoms with van der Waals surface area (Å²) in [6.07, 6.45) is 3.51. The summed E-state index contributed by atoms with van der Waals surface area (Å²) in [4.78, 5) is 17.0. The number of halogens is 1. The van der Waals surface area contributed by atoms with Crippen LogP contribution in [0.25, 0.3) is 6.08 Å². The van der Waals surface area contributed by atoms with E-state index in [0.717, 1.165) is 47.3 Å². The molecule has 0 spiro atoms. The topological polar surface area (TPSA) is 42.0 Å². The molecule has 1 saturated heterocycles. The minimum atomic E-state index is 0.0284. The molecule has 1 fully saturated rings. The molecule has 0 unspecified atom stereocenters.